The van der Waals surface area contributed by atoms with Crippen LogP contribution < -0.4 is 15.4 Å². The second-order valence-corrected chi connectivity index (χ2v) is 6.09. The van der Waals surface area contributed by atoms with E-state index in [9.17, 15) is 8.78 Å². The van der Waals surface area contributed by atoms with Crippen LogP contribution in [0.1, 0.15) is 18.1 Å². The van der Waals surface area contributed by atoms with Crippen molar-refractivity contribution in [2.24, 2.45) is 0 Å². The van der Waals surface area contributed by atoms with Crippen LogP contribution in [0.2, 0.25) is 0 Å². The lowest BCUT2D eigenvalue weighted by Gasteiger charge is -2.18. The minimum absolute atomic E-state index is 0.0584. The van der Waals surface area contributed by atoms with Gasteiger partial charge in [-0.15, -0.1) is 0 Å². The van der Waals surface area contributed by atoms with Crippen LogP contribution in [0, 0.1) is 25.5 Å². The molecule has 128 valence electrons. The third-order valence-electron chi connectivity index (χ3n) is 3.53. The van der Waals surface area contributed by atoms with Crippen LogP contribution in [0.3, 0.4) is 0 Å². The molecule has 0 aliphatic carbocycles. The molecule has 1 atom stereocenters. The maximum atomic E-state index is 13.2. The second kappa shape index (κ2) is 8.06. The number of thiocarbonyl (C=S) groups is 1. The first-order valence-electron chi connectivity index (χ1n) is 7.58. The van der Waals surface area contributed by atoms with Crippen molar-refractivity contribution < 1.29 is 13.5 Å². The number of benzene rings is 2. The molecule has 2 rings (SSSR count). The van der Waals surface area contributed by atoms with Crippen LogP contribution in [-0.4, -0.2) is 17.8 Å². The van der Waals surface area contributed by atoms with E-state index in [0.717, 1.165) is 17.9 Å². The van der Waals surface area contributed by atoms with Gasteiger partial charge >= 0.3 is 0 Å². The molecule has 0 radical (unpaired) electrons. The van der Waals surface area contributed by atoms with Crippen molar-refractivity contribution >= 4 is 23.0 Å². The van der Waals surface area contributed by atoms with Gasteiger partial charge < -0.3 is 15.4 Å². The van der Waals surface area contributed by atoms with Gasteiger partial charge in [0.2, 0.25) is 0 Å². The Kier molecular flexibility index (Phi) is 6.09. The normalized spacial score (nSPS) is 11.7. The second-order valence-electron chi connectivity index (χ2n) is 5.69. The van der Waals surface area contributed by atoms with E-state index in [0.29, 0.717) is 17.4 Å². The zero-order chi connectivity index (χ0) is 17.7. The Hall–Kier alpha value is -2.21. The van der Waals surface area contributed by atoms with Gasteiger partial charge in [0.05, 0.1) is 6.04 Å². The lowest BCUT2D eigenvalue weighted by atomic mass is 10.1. The molecule has 0 aliphatic heterocycles. The molecule has 0 fully saturated rings. The Morgan fingerprint density at radius 3 is 2.50 bits per heavy atom. The molecule has 0 spiro atoms. The van der Waals surface area contributed by atoms with Crippen LogP contribution in [0.25, 0.3) is 0 Å². The van der Waals surface area contributed by atoms with E-state index in [4.69, 9.17) is 17.0 Å². The summed E-state index contributed by atoms with van der Waals surface area (Å²) in [5.74, 6) is -1.02. The summed E-state index contributed by atoms with van der Waals surface area (Å²) in [6, 6.07) is 9.39. The van der Waals surface area contributed by atoms with Crippen LogP contribution in [0.5, 0.6) is 5.75 Å². The molecule has 0 aromatic heterocycles. The smallest absolute Gasteiger partial charge is 0.171 e. The van der Waals surface area contributed by atoms with Gasteiger partial charge in [-0.2, -0.15) is 0 Å². The number of rotatable bonds is 5. The Balaban J connectivity index is 1.82. The topological polar surface area (TPSA) is 33.3 Å². The first-order chi connectivity index (χ1) is 11.3. The summed E-state index contributed by atoms with van der Waals surface area (Å²) < 4.78 is 31.8. The molecule has 2 aromatic rings. The first kappa shape index (κ1) is 18.1. The average Bonchev–Trinajstić information content (AvgIpc) is 2.52. The zero-order valence-corrected chi connectivity index (χ0v) is 14.6. The highest BCUT2D eigenvalue weighted by Gasteiger charge is 2.08. The molecule has 0 heterocycles. The fourth-order valence-corrected chi connectivity index (χ4v) is 2.35. The van der Waals surface area contributed by atoms with Crippen molar-refractivity contribution in [2.75, 3.05) is 11.9 Å². The third-order valence-corrected chi connectivity index (χ3v) is 3.75. The highest BCUT2D eigenvalue weighted by molar-refractivity contribution is 7.80. The van der Waals surface area contributed by atoms with E-state index >= 15 is 0 Å². The Bertz CT molecular complexity index is 737. The largest absolute Gasteiger partial charge is 0.491 e. The highest BCUT2D eigenvalue weighted by Crippen LogP contribution is 2.16. The molecule has 3 nitrogen and oxygen atoms in total. The van der Waals surface area contributed by atoms with E-state index in [-0.39, 0.29) is 6.04 Å². The number of anilines is 1. The molecule has 0 saturated carbocycles. The standard InChI is InChI=1S/C18H20F2N2OS/c1-11-4-6-15(8-12(11)2)23-10-13(3)21-18(24)22-14-5-7-16(19)17(20)9-14/h4-9,13H,10H2,1-3H3,(H2,21,22,24)/t13-/m0/s1. The molecule has 0 saturated heterocycles. The summed E-state index contributed by atoms with van der Waals surface area (Å²) in [5.41, 5.74) is 2.77. The monoisotopic (exact) mass is 350 g/mol. The number of ether oxygens (including phenoxy) is 1. The van der Waals surface area contributed by atoms with Crippen molar-refractivity contribution in [2.45, 2.75) is 26.8 Å². The average molecular weight is 350 g/mol. The van der Waals surface area contributed by atoms with E-state index in [1.807, 2.05) is 39.0 Å². The lowest BCUT2D eigenvalue weighted by molar-refractivity contribution is 0.287. The maximum absolute atomic E-state index is 13.2. The quantitative estimate of drug-likeness (QED) is 0.786. The number of halogens is 2. The van der Waals surface area contributed by atoms with Crippen LogP contribution >= 0.6 is 12.2 Å². The summed E-state index contributed by atoms with van der Waals surface area (Å²) >= 11 is 5.16. The minimum atomic E-state index is -0.922. The Labute approximate surface area is 146 Å². The van der Waals surface area contributed by atoms with Gasteiger partial charge in [-0.05, 0) is 68.4 Å². The summed E-state index contributed by atoms with van der Waals surface area (Å²) in [7, 11) is 0. The van der Waals surface area contributed by atoms with Gasteiger partial charge in [0.1, 0.15) is 12.4 Å². The van der Waals surface area contributed by atoms with Crippen molar-refractivity contribution in [1.29, 1.82) is 0 Å². The SMILES string of the molecule is Cc1ccc(OC[C@H](C)NC(=S)Nc2ccc(F)c(F)c2)cc1C. The molecule has 6 heteroatoms. The summed E-state index contributed by atoms with van der Waals surface area (Å²) in [4.78, 5) is 0. The van der Waals surface area contributed by atoms with Gasteiger partial charge in [0, 0.05) is 11.8 Å². The fraction of sp³-hybridized carbons (Fsp3) is 0.278. The fourth-order valence-electron chi connectivity index (χ4n) is 2.03. The molecule has 0 bridgehead atoms. The predicted octanol–water partition coefficient (Wildman–Crippen LogP) is 4.34. The molecular formula is C18H20F2N2OS. The lowest BCUT2D eigenvalue weighted by Crippen LogP contribution is -2.39. The van der Waals surface area contributed by atoms with E-state index in [1.165, 1.54) is 17.2 Å². The molecule has 0 aliphatic rings. The molecule has 0 unspecified atom stereocenters. The van der Waals surface area contributed by atoms with Gasteiger partial charge in [-0.3, -0.25) is 0 Å². The Morgan fingerprint density at radius 1 is 1.08 bits per heavy atom. The van der Waals surface area contributed by atoms with Crippen molar-refractivity contribution in [3.05, 3.63) is 59.2 Å². The van der Waals surface area contributed by atoms with Crippen LogP contribution in [-0.2, 0) is 0 Å². The Morgan fingerprint density at radius 2 is 1.83 bits per heavy atom. The molecule has 24 heavy (non-hydrogen) atoms. The highest BCUT2D eigenvalue weighted by atomic mass is 32.1. The maximum Gasteiger partial charge on any atom is 0.171 e. The number of hydrogen-bond donors (Lipinski definition) is 2. The number of aryl methyl sites for hydroxylation is 2. The molecule has 0 amide bonds. The van der Waals surface area contributed by atoms with E-state index in [1.54, 1.807) is 0 Å². The zero-order valence-electron chi connectivity index (χ0n) is 13.8. The van der Waals surface area contributed by atoms with Crippen molar-refractivity contribution in [3.63, 3.8) is 0 Å². The minimum Gasteiger partial charge on any atom is -0.491 e. The van der Waals surface area contributed by atoms with E-state index < -0.39 is 11.6 Å². The molecule has 2 aromatic carbocycles. The third kappa shape index (κ3) is 5.16. The van der Waals surface area contributed by atoms with Crippen LogP contribution in [0.4, 0.5) is 14.5 Å². The van der Waals surface area contributed by atoms with E-state index in [2.05, 4.69) is 10.6 Å². The number of nitrogens with one attached hydrogen (secondary N) is 2. The summed E-state index contributed by atoms with van der Waals surface area (Å²) in [6.07, 6.45) is 0. The number of hydrogen-bond acceptors (Lipinski definition) is 2. The summed E-state index contributed by atoms with van der Waals surface area (Å²) in [6.45, 7) is 6.42. The van der Waals surface area contributed by atoms with Gasteiger partial charge in [0.15, 0.2) is 16.7 Å². The van der Waals surface area contributed by atoms with Gasteiger partial charge in [-0.1, -0.05) is 6.07 Å². The summed E-state index contributed by atoms with van der Waals surface area (Å²) in [5, 5.41) is 6.17. The van der Waals surface area contributed by atoms with Crippen molar-refractivity contribution in [1.82, 2.24) is 5.32 Å². The first-order valence-corrected chi connectivity index (χ1v) is 7.98. The van der Waals surface area contributed by atoms with Gasteiger partial charge in [-0.25, -0.2) is 8.78 Å². The molecule has 2 N–H and O–H groups in total. The van der Waals surface area contributed by atoms with Crippen molar-refractivity contribution in [3.8, 4) is 5.75 Å². The van der Waals surface area contributed by atoms with Crippen LogP contribution in [0.15, 0.2) is 36.4 Å². The molecular weight excluding hydrogens is 330 g/mol. The predicted molar refractivity (Wildman–Crippen MR) is 96.6 cm³/mol. The van der Waals surface area contributed by atoms with Gasteiger partial charge in [0.25, 0.3) is 0 Å².